The summed E-state index contributed by atoms with van der Waals surface area (Å²) in [6.45, 7) is -0.186. The van der Waals surface area contributed by atoms with Gasteiger partial charge in [-0.1, -0.05) is 36.4 Å². The molecule has 1 aliphatic heterocycles. The fourth-order valence-electron chi connectivity index (χ4n) is 4.16. The molecule has 0 unspecified atom stereocenters. The number of allylic oxidation sites excluding steroid dienone is 2. The van der Waals surface area contributed by atoms with Crippen LogP contribution in [0.1, 0.15) is 46.8 Å². The standard InChI is InChI=1S/C22H21N3O2/c23-13-19-21(17-10-8-16(9-11-17)15-5-1-2-6-15)20(14-26)25(19)22(27)18-7-3-4-12-24-18/h3-5,7-12,19-21,26H,1-2,6,14H2/t19-,20-,21+/m1/s1. The van der Waals surface area contributed by atoms with Crippen molar-refractivity contribution < 1.29 is 9.90 Å². The maximum Gasteiger partial charge on any atom is 0.273 e. The van der Waals surface area contributed by atoms with E-state index in [1.54, 1.807) is 24.4 Å². The van der Waals surface area contributed by atoms with Crippen molar-refractivity contribution in [3.05, 3.63) is 71.6 Å². The van der Waals surface area contributed by atoms with E-state index in [4.69, 9.17) is 0 Å². The number of aliphatic hydroxyl groups is 1. The van der Waals surface area contributed by atoms with Gasteiger partial charge >= 0.3 is 0 Å². The molecule has 1 aromatic carbocycles. The van der Waals surface area contributed by atoms with Crippen LogP contribution in [0.15, 0.2) is 54.7 Å². The number of benzene rings is 1. The summed E-state index contributed by atoms with van der Waals surface area (Å²) in [7, 11) is 0. The fraction of sp³-hybridized carbons (Fsp3) is 0.318. The summed E-state index contributed by atoms with van der Waals surface area (Å²) in [4.78, 5) is 18.3. The first kappa shape index (κ1) is 17.4. The Morgan fingerprint density at radius 2 is 2.07 bits per heavy atom. The van der Waals surface area contributed by atoms with Crippen LogP contribution < -0.4 is 0 Å². The third-order valence-corrected chi connectivity index (χ3v) is 5.56. The van der Waals surface area contributed by atoms with Gasteiger partial charge in [-0.2, -0.15) is 5.26 Å². The fourth-order valence-corrected chi connectivity index (χ4v) is 4.16. The van der Waals surface area contributed by atoms with Crippen molar-refractivity contribution in [3.8, 4) is 6.07 Å². The van der Waals surface area contributed by atoms with Crippen molar-refractivity contribution in [2.24, 2.45) is 0 Å². The Hall–Kier alpha value is -2.97. The molecular weight excluding hydrogens is 338 g/mol. The molecule has 2 aromatic rings. The van der Waals surface area contributed by atoms with Gasteiger partial charge in [-0.15, -0.1) is 0 Å². The SMILES string of the molecule is N#C[C@@H]1[C@H](c2ccc(C3=CCCC3)cc2)[C@@H](CO)N1C(=O)c1ccccn1. The number of amides is 1. The Balaban J connectivity index is 1.58. The molecule has 27 heavy (non-hydrogen) atoms. The van der Waals surface area contributed by atoms with E-state index in [1.165, 1.54) is 22.5 Å². The van der Waals surface area contributed by atoms with Crippen LogP contribution in [0.4, 0.5) is 0 Å². The highest BCUT2D eigenvalue weighted by Gasteiger charge is 2.52. The molecule has 2 aliphatic rings. The Labute approximate surface area is 158 Å². The minimum Gasteiger partial charge on any atom is -0.394 e. The van der Waals surface area contributed by atoms with E-state index in [9.17, 15) is 15.2 Å². The van der Waals surface area contributed by atoms with Crippen molar-refractivity contribution in [3.63, 3.8) is 0 Å². The Bertz CT molecular complexity index is 899. The second-order valence-electron chi connectivity index (χ2n) is 7.02. The van der Waals surface area contributed by atoms with Crippen molar-refractivity contribution in [2.45, 2.75) is 37.3 Å². The van der Waals surface area contributed by atoms with E-state index in [1.807, 2.05) is 12.1 Å². The number of aromatic nitrogens is 1. The van der Waals surface area contributed by atoms with Crippen LogP contribution in [-0.2, 0) is 0 Å². The summed E-state index contributed by atoms with van der Waals surface area (Å²) < 4.78 is 0. The third kappa shape index (κ3) is 3.02. The Kier molecular flexibility index (Phi) is 4.74. The van der Waals surface area contributed by atoms with E-state index in [2.05, 4.69) is 29.3 Å². The topological polar surface area (TPSA) is 77.2 Å². The number of aliphatic hydroxyl groups excluding tert-OH is 1. The molecule has 5 nitrogen and oxygen atoms in total. The van der Waals surface area contributed by atoms with Gasteiger partial charge in [0.25, 0.3) is 5.91 Å². The molecule has 4 rings (SSSR count). The molecule has 1 aromatic heterocycles. The minimum atomic E-state index is -0.604. The number of likely N-dealkylation sites (tertiary alicyclic amines) is 1. The van der Waals surface area contributed by atoms with Gasteiger partial charge in [0.2, 0.25) is 0 Å². The summed E-state index contributed by atoms with van der Waals surface area (Å²) in [5.74, 6) is -0.510. The number of hydrogen-bond donors (Lipinski definition) is 1. The van der Waals surface area contributed by atoms with E-state index in [0.29, 0.717) is 0 Å². The van der Waals surface area contributed by atoms with Crippen LogP contribution in [0.3, 0.4) is 0 Å². The smallest absolute Gasteiger partial charge is 0.273 e. The predicted octanol–water partition coefficient (Wildman–Crippen LogP) is 3.14. The number of rotatable bonds is 4. The highest BCUT2D eigenvalue weighted by Crippen LogP contribution is 2.41. The van der Waals surface area contributed by atoms with Crippen molar-refractivity contribution in [1.82, 2.24) is 9.88 Å². The number of carbonyl (C=O) groups excluding carboxylic acids is 1. The molecule has 5 heteroatoms. The minimum absolute atomic E-state index is 0.186. The van der Waals surface area contributed by atoms with Gasteiger partial charge < -0.3 is 10.0 Å². The zero-order chi connectivity index (χ0) is 18.8. The highest BCUT2D eigenvalue weighted by molar-refractivity contribution is 5.94. The summed E-state index contributed by atoms with van der Waals surface area (Å²) >= 11 is 0. The zero-order valence-electron chi connectivity index (χ0n) is 15.0. The van der Waals surface area contributed by atoms with Gasteiger partial charge in [0.15, 0.2) is 0 Å². The van der Waals surface area contributed by atoms with Gasteiger partial charge in [0, 0.05) is 12.1 Å². The molecule has 1 aliphatic carbocycles. The van der Waals surface area contributed by atoms with Crippen LogP contribution in [0.5, 0.6) is 0 Å². The van der Waals surface area contributed by atoms with Crippen molar-refractivity contribution in [2.75, 3.05) is 6.61 Å². The molecule has 0 spiro atoms. The van der Waals surface area contributed by atoms with Crippen LogP contribution in [0.25, 0.3) is 5.57 Å². The van der Waals surface area contributed by atoms with Crippen molar-refractivity contribution >= 4 is 11.5 Å². The number of hydrogen-bond acceptors (Lipinski definition) is 4. The molecule has 2 heterocycles. The van der Waals surface area contributed by atoms with Gasteiger partial charge in [0.1, 0.15) is 11.7 Å². The lowest BCUT2D eigenvalue weighted by Gasteiger charge is -2.51. The van der Waals surface area contributed by atoms with Gasteiger partial charge in [-0.25, -0.2) is 0 Å². The quantitative estimate of drug-likeness (QED) is 0.910. The third-order valence-electron chi connectivity index (χ3n) is 5.56. The van der Waals surface area contributed by atoms with Crippen LogP contribution in [0, 0.1) is 11.3 Å². The number of nitrogens with zero attached hydrogens (tertiary/aromatic N) is 3. The first-order chi connectivity index (χ1) is 13.2. The molecule has 1 fully saturated rings. The monoisotopic (exact) mass is 359 g/mol. The molecule has 0 saturated carbocycles. The maximum absolute atomic E-state index is 12.8. The van der Waals surface area contributed by atoms with Gasteiger partial charge in [0.05, 0.1) is 18.7 Å². The first-order valence-electron chi connectivity index (χ1n) is 9.28. The molecule has 0 bridgehead atoms. The molecule has 136 valence electrons. The molecule has 3 atom stereocenters. The Morgan fingerprint density at radius 3 is 2.67 bits per heavy atom. The second-order valence-corrected chi connectivity index (χ2v) is 7.02. The lowest BCUT2D eigenvalue weighted by atomic mass is 9.75. The summed E-state index contributed by atoms with van der Waals surface area (Å²) in [5, 5.41) is 19.6. The summed E-state index contributed by atoms with van der Waals surface area (Å²) in [6.07, 6.45) is 7.27. The Morgan fingerprint density at radius 1 is 1.26 bits per heavy atom. The average molecular weight is 359 g/mol. The molecule has 1 amide bonds. The highest BCUT2D eigenvalue weighted by atomic mass is 16.3. The number of nitriles is 1. The lowest BCUT2D eigenvalue weighted by Crippen LogP contribution is -2.65. The lowest BCUT2D eigenvalue weighted by molar-refractivity contribution is -0.00629. The van der Waals surface area contributed by atoms with Crippen LogP contribution >= 0.6 is 0 Å². The van der Waals surface area contributed by atoms with E-state index in [-0.39, 0.29) is 24.1 Å². The van der Waals surface area contributed by atoms with Crippen LogP contribution in [0.2, 0.25) is 0 Å². The predicted molar refractivity (Wildman–Crippen MR) is 102 cm³/mol. The van der Waals surface area contributed by atoms with Gasteiger partial charge in [-0.05, 0) is 48.1 Å². The molecule has 1 saturated heterocycles. The summed E-state index contributed by atoms with van der Waals surface area (Å²) in [5.41, 5.74) is 3.86. The van der Waals surface area contributed by atoms with Crippen molar-refractivity contribution in [1.29, 1.82) is 5.26 Å². The van der Waals surface area contributed by atoms with Crippen LogP contribution in [-0.4, -0.2) is 39.6 Å². The first-order valence-corrected chi connectivity index (χ1v) is 9.28. The van der Waals surface area contributed by atoms with E-state index >= 15 is 0 Å². The molecular formula is C22H21N3O2. The van der Waals surface area contributed by atoms with Gasteiger partial charge in [-0.3, -0.25) is 9.78 Å². The normalized spacial score (nSPS) is 24.1. The van der Waals surface area contributed by atoms with E-state index < -0.39 is 12.1 Å². The maximum atomic E-state index is 12.8. The number of carbonyl (C=O) groups is 1. The molecule has 0 radical (unpaired) electrons. The van der Waals surface area contributed by atoms with E-state index in [0.717, 1.165) is 18.4 Å². The number of pyridine rings is 1. The largest absolute Gasteiger partial charge is 0.394 e. The summed E-state index contributed by atoms with van der Waals surface area (Å²) in [6, 6.07) is 14.5. The zero-order valence-corrected chi connectivity index (χ0v) is 15.0. The molecule has 1 N–H and O–H groups in total. The second kappa shape index (κ2) is 7.34. The average Bonchev–Trinajstić information content (AvgIpc) is 3.24.